The van der Waals surface area contributed by atoms with Gasteiger partial charge in [0.25, 0.3) is 0 Å². The summed E-state index contributed by atoms with van der Waals surface area (Å²) in [6.45, 7) is 4.27. The van der Waals surface area contributed by atoms with Crippen LogP contribution in [0.1, 0.15) is 39.5 Å². The van der Waals surface area contributed by atoms with Gasteiger partial charge in [-0.1, -0.05) is 26.7 Å². The maximum Gasteiger partial charge on any atom is 0.147 e. The number of nitrogens with two attached hydrogens (primary N) is 1. The van der Waals surface area contributed by atoms with E-state index < -0.39 is 9.84 Å². The van der Waals surface area contributed by atoms with Crippen molar-refractivity contribution in [3.63, 3.8) is 0 Å². The Morgan fingerprint density at radius 1 is 1.27 bits per heavy atom. The van der Waals surface area contributed by atoms with Crippen LogP contribution in [0, 0.1) is 5.92 Å². The van der Waals surface area contributed by atoms with Gasteiger partial charge < -0.3 is 0 Å². The van der Waals surface area contributed by atoms with Crippen LogP contribution in [-0.2, 0) is 9.84 Å². The lowest BCUT2D eigenvalue weighted by atomic mass is 9.92. The summed E-state index contributed by atoms with van der Waals surface area (Å²) in [5, 5.41) is 0. The minimum Gasteiger partial charge on any atom is -0.271 e. The fourth-order valence-corrected chi connectivity index (χ4v) is 2.57. The molecule has 92 valence electrons. The molecular weight excluding hydrogens is 212 g/mol. The van der Waals surface area contributed by atoms with Gasteiger partial charge in [0, 0.05) is 18.1 Å². The second kappa shape index (κ2) is 7.19. The topological polar surface area (TPSA) is 72.2 Å². The SMILES string of the molecule is CCC(CC)C(CCCS(C)(=O)=O)NN. The van der Waals surface area contributed by atoms with Gasteiger partial charge in [-0.15, -0.1) is 0 Å². The van der Waals surface area contributed by atoms with E-state index in [2.05, 4.69) is 19.3 Å². The van der Waals surface area contributed by atoms with Crippen LogP contribution in [0.5, 0.6) is 0 Å². The fourth-order valence-electron chi connectivity index (χ4n) is 1.88. The Balaban J connectivity index is 4.00. The lowest BCUT2D eigenvalue weighted by Crippen LogP contribution is -2.40. The van der Waals surface area contributed by atoms with Gasteiger partial charge in [-0.05, 0) is 18.8 Å². The Bertz CT molecular complexity index is 248. The quantitative estimate of drug-likeness (QED) is 0.488. The number of hydrogen-bond acceptors (Lipinski definition) is 4. The standard InChI is InChI=1S/C10H24N2O2S/c1-4-9(5-2)10(12-11)7-6-8-15(3,13)14/h9-10,12H,4-8,11H2,1-3H3. The minimum atomic E-state index is -2.84. The van der Waals surface area contributed by atoms with Crippen molar-refractivity contribution in [2.45, 2.75) is 45.6 Å². The van der Waals surface area contributed by atoms with Gasteiger partial charge in [-0.2, -0.15) is 0 Å². The summed E-state index contributed by atoms with van der Waals surface area (Å²) in [6.07, 6.45) is 4.93. The molecule has 0 rings (SSSR count). The van der Waals surface area contributed by atoms with Crippen molar-refractivity contribution in [1.82, 2.24) is 5.43 Å². The third-order valence-electron chi connectivity index (χ3n) is 2.86. The summed E-state index contributed by atoms with van der Waals surface area (Å²) in [7, 11) is -2.84. The smallest absolute Gasteiger partial charge is 0.147 e. The van der Waals surface area contributed by atoms with Crippen molar-refractivity contribution < 1.29 is 8.42 Å². The van der Waals surface area contributed by atoms with Gasteiger partial charge in [0.05, 0.1) is 0 Å². The van der Waals surface area contributed by atoms with E-state index in [4.69, 9.17) is 5.84 Å². The molecule has 3 N–H and O–H groups in total. The van der Waals surface area contributed by atoms with E-state index in [-0.39, 0.29) is 11.8 Å². The van der Waals surface area contributed by atoms with E-state index >= 15 is 0 Å². The highest BCUT2D eigenvalue weighted by molar-refractivity contribution is 7.90. The van der Waals surface area contributed by atoms with Crippen LogP contribution in [-0.4, -0.2) is 26.5 Å². The average Bonchev–Trinajstić information content (AvgIpc) is 2.15. The summed E-state index contributed by atoms with van der Waals surface area (Å²) < 4.78 is 21.9. The predicted molar refractivity (Wildman–Crippen MR) is 64.1 cm³/mol. The number of sulfone groups is 1. The molecule has 1 unspecified atom stereocenters. The van der Waals surface area contributed by atoms with Crippen molar-refractivity contribution in [3.05, 3.63) is 0 Å². The third-order valence-corrected chi connectivity index (χ3v) is 3.89. The van der Waals surface area contributed by atoms with Crippen molar-refractivity contribution in [2.24, 2.45) is 11.8 Å². The number of nitrogens with one attached hydrogen (secondary N) is 1. The number of hydrogen-bond donors (Lipinski definition) is 2. The first-order valence-corrected chi connectivity index (χ1v) is 7.64. The molecule has 0 radical (unpaired) electrons. The van der Waals surface area contributed by atoms with Crippen molar-refractivity contribution >= 4 is 9.84 Å². The second-order valence-corrected chi connectivity index (χ2v) is 6.38. The minimum absolute atomic E-state index is 0.238. The molecule has 0 heterocycles. The molecule has 0 aliphatic carbocycles. The molecule has 0 aromatic heterocycles. The van der Waals surface area contributed by atoms with Crippen LogP contribution < -0.4 is 11.3 Å². The summed E-state index contributed by atoms with van der Waals surface area (Å²) in [5.41, 5.74) is 2.80. The highest BCUT2D eigenvalue weighted by Gasteiger charge is 2.17. The molecule has 15 heavy (non-hydrogen) atoms. The van der Waals surface area contributed by atoms with Gasteiger partial charge in [0.2, 0.25) is 0 Å². The molecular formula is C10H24N2O2S. The molecule has 0 spiro atoms. The first-order chi connectivity index (χ1) is 6.94. The molecule has 1 atom stereocenters. The molecule has 0 aromatic carbocycles. The Hall–Kier alpha value is -0.130. The van der Waals surface area contributed by atoms with Crippen LogP contribution in [0.4, 0.5) is 0 Å². The molecule has 0 fully saturated rings. The summed E-state index contributed by atoms with van der Waals surface area (Å²) in [6, 6.07) is 0.238. The van der Waals surface area contributed by atoms with E-state index in [1.165, 1.54) is 6.26 Å². The zero-order valence-corrected chi connectivity index (χ0v) is 10.8. The Morgan fingerprint density at radius 2 is 1.80 bits per heavy atom. The lowest BCUT2D eigenvalue weighted by molar-refractivity contribution is 0.319. The largest absolute Gasteiger partial charge is 0.271 e. The first-order valence-electron chi connectivity index (χ1n) is 5.58. The van der Waals surface area contributed by atoms with E-state index in [1.807, 2.05) is 0 Å². The summed E-state index contributed by atoms with van der Waals surface area (Å²) >= 11 is 0. The molecule has 0 amide bonds. The van der Waals surface area contributed by atoms with Crippen LogP contribution in [0.2, 0.25) is 0 Å². The average molecular weight is 236 g/mol. The second-order valence-electron chi connectivity index (χ2n) is 4.12. The Kier molecular flexibility index (Phi) is 7.13. The molecule has 0 bridgehead atoms. The van der Waals surface area contributed by atoms with Crippen LogP contribution in [0.3, 0.4) is 0 Å². The Labute approximate surface area is 93.5 Å². The van der Waals surface area contributed by atoms with Gasteiger partial charge in [-0.3, -0.25) is 11.3 Å². The zero-order valence-electron chi connectivity index (χ0n) is 9.99. The number of rotatable bonds is 8. The highest BCUT2D eigenvalue weighted by atomic mass is 32.2. The molecule has 0 aliphatic rings. The molecule has 5 heteroatoms. The van der Waals surface area contributed by atoms with Gasteiger partial charge in [-0.25, -0.2) is 8.42 Å². The van der Waals surface area contributed by atoms with Gasteiger partial charge >= 0.3 is 0 Å². The van der Waals surface area contributed by atoms with Crippen molar-refractivity contribution in [3.8, 4) is 0 Å². The Morgan fingerprint density at radius 3 is 2.13 bits per heavy atom. The maximum atomic E-state index is 11.0. The molecule has 0 saturated heterocycles. The molecule has 4 nitrogen and oxygen atoms in total. The lowest BCUT2D eigenvalue weighted by Gasteiger charge is -2.24. The highest BCUT2D eigenvalue weighted by Crippen LogP contribution is 2.16. The first kappa shape index (κ1) is 14.9. The van der Waals surface area contributed by atoms with Crippen molar-refractivity contribution in [1.29, 1.82) is 0 Å². The number of hydrazine groups is 1. The van der Waals surface area contributed by atoms with Crippen LogP contribution >= 0.6 is 0 Å². The van der Waals surface area contributed by atoms with E-state index in [0.717, 1.165) is 19.3 Å². The normalized spacial score (nSPS) is 14.5. The summed E-state index contributed by atoms with van der Waals surface area (Å²) in [4.78, 5) is 0. The van der Waals surface area contributed by atoms with Crippen molar-refractivity contribution in [2.75, 3.05) is 12.0 Å². The van der Waals surface area contributed by atoms with Crippen LogP contribution in [0.25, 0.3) is 0 Å². The third kappa shape index (κ3) is 6.87. The van der Waals surface area contributed by atoms with Crippen LogP contribution in [0.15, 0.2) is 0 Å². The summed E-state index contributed by atoms with van der Waals surface area (Å²) in [5.74, 6) is 6.27. The molecule has 0 aliphatic heterocycles. The molecule has 0 aromatic rings. The van der Waals surface area contributed by atoms with E-state index in [9.17, 15) is 8.42 Å². The van der Waals surface area contributed by atoms with E-state index in [0.29, 0.717) is 12.3 Å². The predicted octanol–water partition coefficient (Wildman–Crippen LogP) is 1.08. The van der Waals surface area contributed by atoms with Gasteiger partial charge in [0.15, 0.2) is 0 Å². The van der Waals surface area contributed by atoms with E-state index in [1.54, 1.807) is 0 Å². The monoisotopic (exact) mass is 236 g/mol. The van der Waals surface area contributed by atoms with Gasteiger partial charge in [0.1, 0.15) is 9.84 Å². The maximum absolute atomic E-state index is 11.0. The molecule has 0 saturated carbocycles. The zero-order chi connectivity index (χ0) is 11.9. The fraction of sp³-hybridized carbons (Fsp3) is 1.00.